The number of nitrogens with zero attached hydrogens (tertiary/aromatic N) is 1. The Bertz CT molecular complexity index is 381. The highest BCUT2D eigenvalue weighted by Gasteiger charge is 2.17. The number of aromatic amines is 1. The molecule has 2 unspecified atom stereocenters. The Hall–Kier alpha value is -1.36. The molecule has 1 aromatic heterocycles. The summed E-state index contributed by atoms with van der Waals surface area (Å²) in [5, 5.41) is 18.8. The standard InChI is InChI=1S/C13H23N3O2/c1-8(7-17)6-14-12(18)5-9(2)13-10(3)15-16-11(13)4/h8-9,17H,5-7H2,1-4H3,(H,14,18)(H,15,16). The second-order valence-corrected chi connectivity index (χ2v) is 5.04. The summed E-state index contributed by atoms with van der Waals surface area (Å²) >= 11 is 0. The molecule has 5 heteroatoms. The molecule has 0 aliphatic carbocycles. The molecule has 1 amide bonds. The molecule has 1 heterocycles. The average molecular weight is 253 g/mol. The van der Waals surface area contributed by atoms with Crippen LogP contribution in [0.5, 0.6) is 0 Å². The van der Waals surface area contributed by atoms with Crippen molar-refractivity contribution in [1.82, 2.24) is 15.5 Å². The highest BCUT2D eigenvalue weighted by atomic mass is 16.3. The summed E-state index contributed by atoms with van der Waals surface area (Å²) in [5.74, 6) is 0.262. The van der Waals surface area contributed by atoms with Crippen LogP contribution in [0.3, 0.4) is 0 Å². The number of carbonyl (C=O) groups excluding carboxylic acids is 1. The summed E-state index contributed by atoms with van der Waals surface area (Å²) in [6.45, 7) is 8.45. The second-order valence-electron chi connectivity index (χ2n) is 5.04. The van der Waals surface area contributed by atoms with Gasteiger partial charge in [-0.05, 0) is 31.2 Å². The van der Waals surface area contributed by atoms with E-state index in [0.29, 0.717) is 13.0 Å². The fraction of sp³-hybridized carbons (Fsp3) is 0.692. The molecule has 0 spiro atoms. The van der Waals surface area contributed by atoms with E-state index in [4.69, 9.17) is 5.11 Å². The zero-order chi connectivity index (χ0) is 13.7. The average Bonchev–Trinajstić information content (AvgIpc) is 2.65. The Balaban J connectivity index is 2.50. The summed E-state index contributed by atoms with van der Waals surface area (Å²) in [4.78, 5) is 11.8. The van der Waals surface area contributed by atoms with Crippen molar-refractivity contribution in [3.8, 4) is 0 Å². The van der Waals surface area contributed by atoms with Crippen LogP contribution in [-0.4, -0.2) is 34.4 Å². The van der Waals surface area contributed by atoms with E-state index < -0.39 is 0 Å². The molecule has 0 radical (unpaired) electrons. The van der Waals surface area contributed by atoms with Crippen molar-refractivity contribution in [3.63, 3.8) is 0 Å². The van der Waals surface area contributed by atoms with Gasteiger partial charge in [-0.1, -0.05) is 13.8 Å². The van der Waals surface area contributed by atoms with E-state index in [2.05, 4.69) is 15.5 Å². The molecule has 0 saturated carbocycles. The van der Waals surface area contributed by atoms with Crippen molar-refractivity contribution in [2.75, 3.05) is 13.2 Å². The molecule has 102 valence electrons. The van der Waals surface area contributed by atoms with Gasteiger partial charge in [-0.2, -0.15) is 5.10 Å². The van der Waals surface area contributed by atoms with Gasteiger partial charge in [0.2, 0.25) is 5.91 Å². The molecule has 0 fully saturated rings. The molecular weight excluding hydrogens is 230 g/mol. The number of hydrogen-bond donors (Lipinski definition) is 3. The van der Waals surface area contributed by atoms with Gasteiger partial charge in [0.05, 0.1) is 5.69 Å². The van der Waals surface area contributed by atoms with Crippen molar-refractivity contribution in [1.29, 1.82) is 0 Å². The number of aliphatic hydroxyl groups excluding tert-OH is 1. The fourth-order valence-corrected chi connectivity index (χ4v) is 2.09. The number of nitrogens with one attached hydrogen (secondary N) is 2. The largest absolute Gasteiger partial charge is 0.396 e. The third-order valence-corrected chi connectivity index (χ3v) is 3.13. The maximum atomic E-state index is 11.8. The van der Waals surface area contributed by atoms with Crippen LogP contribution < -0.4 is 5.32 Å². The zero-order valence-corrected chi connectivity index (χ0v) is 11.6. The topological polar surface area (TPSA) is 78.0 Å². The molecule has 0 saturated heterocycles. The predicted octanol–water partition coefficient (Wildman–Crippen LogP) is 1.26. The van der Waals surface area contributed by atoms with Crippen LogP contribution in [0.1, 0.15) is 43.1 Å². The molecule has 1 aromatic rings. The van der Waals surface area contributed by atoms with Gasteiger partial charge < -0.3 is 10.4 Å². The lowest BCUT2D eigenvalue weighted by molar-refractivity contribution is -0.121. The number of amides is 1. The first-order chi connectivity index (χ1) is 8.45. The van der Waals surface area contributed by atoms with Crippen LogP contribution in [-0.2, 0) is 4.79 Å². The lowest BCUT2D eigenvalue weighted by Crippen LogP contribution is -2.30. The summed E-state index contributed by atoms with van der Waals surface area (Å²) in [6.07, 6.45) is 0.444. The molecule has 5 nitrogen and oxygen atoms in total. The fourth-order valence-electron chi connectivity index (χ4n) is 2.09. The smallest absolute Gasteiger partial charge is 0.220 e. The van der Waals surface area contributed by atoms with E-state index in [1.807, 2.05) is 27.7 Å². The second kappa shape index (κ2) is 6.54. The van der Waals surface area contributed by atoms with Crippen LogP contribution in [0.2, 0.25) is 0 Å². The van der Waals surface area contributed by atoms with Crippen LogP contribution >= 0.6 is 0 Å². The Morgan fingerprint density at radius 1 is 1.44 bits per heavy atom. The first kappa shape index (κ1) is 14.7. The highest BCUT2D eigenvalue weighted by molar-refractivity contribution is 5.76. The van der Waals surface area contributed by atoms with Gasteiger partial charge in [-0.25, -0.2) is 0 Å². The van der Waals surface area contributed by atoms with E-state index in [1.54, 1.807) is 0 Å². The molecule has 0 aliphatic heterocycles. The molecule has 1 rings (SSSR count). The van der Waals surface area contributed by atoms with Gasteiger partial charge in [0.1, 0.15) is 0 Å². The Morgan fingerprint density at radius 3 is 2.61 bits per heavy atom. The van der Waals surface area contributed by atoms with Crippen molar-refractivity contribution in [3.05, 3.63) is 17.0 Å². The van der Waals surface area contributed by atoms with Crippen LogP contribution in [0.15, 0.2) is 0 Å². The molecule has 0 aromatic carbocycles. The minimum Gasteiger partial charge on any atom is -0.396 e. The van der Waals surface area contributed by atoms with Gasteiger partial charge >= 0.3 is 0 Å². The molecule has 0 bridgehead atoms. The highest BCUT2D eigenvalue weighted by Crippen LogP contribution is 2.24. The number of rotatable bonds is 6. The maximum absolute atomic E-state index is 11.8. The van der Waals surface area contributed by atoms with Gasteiger partial charge in [-0.15, -0.1) is 0 Å². The first-order valence-electron chi connectivity index (χ1n) is 6.34. The van der Waals surface area contributed by atoms with Gasteiger partial charge in [0.25, 0.3) is 0 Å². The molecule has 18 heavy (non-hydrogen) atoms. The van der Waals surface area contributed by atoms with Crippen molar-refractivity contribution < 1.29 is 9.90 Å². The Kier molecular flexibility index (Phi) is 5.34. The maximum Gasteiger partial charge on any atom is 0.220 e. The number of hydrogen-bond acceptors (Lipinski definition) is 3. The quantitative estimate of drug-likeness (QED) is 0.714. The van der Waals surface area contributed by atoms with E-state index in [0.717, 1.165) is 17.0 Å². The summed E-state index contributed by atoms with van der Waals surface area (Å²) in [5.41, 5.74) is 3.11. The number of carbonyl (C=O) groups is 1. The van der Waals surface area contributed by atoms with Gasteiger partial charge in [0.15, 0.2) is 0 Å². The van der Waals surface area contributed by atoms with E-state index in [-0.39, 0.29) is 24.3 Å². The Labute approximate surface area is 108 Å². The van der Waals surface area contributed by atoms with Crippen molar-refractivity contribution in [2.45, 2.75) is 40.0 Å². The molecular formula is C13H23N3O2. The SMILES string of the molecule is Cc1n[nH]c(C)c1C(C)CC(=O)NCC(C)CO. The first-order valence-corrected chi connectivity index (χ1v) is 6.34. The van der Waals surface area contributed by atoms with Crippen LogP contribution in [0, 0.1) is 19.8 Å². The van der Waals surface area contributed by atoms with E-state index in [9.17, 15) is 4.79 Å². The lowest BCUT2D eigenvalue weighted by atomic mass is 9.95. The summed E-state index contributed by atoms with van der Waals surface area (Å²) < 4.78 is 0. The van der Waals surface area contributed by atoms with E-state index >= 15 is 0 Å². The Morgan fingerprint density at radius 2 is 2.11 bits per heavy atom. The summed E-state index contributed by atoms with van der Waals surface area (Å²) in [7, 11) is 0. The number of aromatic nitrogens is 2. The minimum atomic E-state index is 0.0165. The summed E-state index contributed by atoms with van der Waals surface area (Å²) in [6, 6.07) is 0. The van der Waals surface area contributed by atoms with Gasteiger partial charge in [-0.3, -0.25) is 9.89 Å². The lowest BCUT2D eigenvalue weighted by Gasteiger charge is -2.14. The van der Waals surface area contributed by atoms with Crippen LogP contribution in [0.4, 0.5) is 0 Å². The van der Waals surface area contributed by atoms with Gasteiger partial charge in [0, 0.05) is 25.3 Å². The molecule has 2 atom stereocenters. The predicted molar refractivity (Wildman–Crippen MR) is 70.4 cm³/mol. The molecule has 3 N–H and O–H groups in total. The third-order valence-electron chi connectivity index (χ3n) is 3.13. The normalized spacial score (nSPS) is 14.3. The number of H-pyrrole nitrogens is 1. The molecule has 0 aliphatic rings. The monoisotopic (exact) mass is 253 g/mol. The minimum absolute atomic E-state index is 0.0165. The number of aryl methyl sites for hydroxylation is 2. The zero-order valence-electron chi connectivity index (χ0n) is 11.6. The van der Waals surface area contributed by atoms with Crippen molar-refractivity contribution >= 4 is 5.91 Å². The van der Waals surface area contributed by atoms with E-state index in [1.165, 1.54) is 0 Å². The third kappa shape index (κ3) is 3.84. The van der Waals surface area contributed by atoms with Crippen LogP contribution in [0.25, 0.3) is 0 Å². The number of aliphatic hydroxyl groups is 1. The van der Waals surface area contributed by atoms with Crippen molar-refractivity contribution in [2.24, 2.45) is 5.92 Å².